The molecule has 6 heteroatoms. The summed E-state index contributed by atoms with van der Waals surface area (Å²) in [6, 6.07) is 9.60. The molecule has 1 spiro atoms. The highest BCUT2D eigenvalue weighted by molar-refractivity contribution is 14.1. The summed E-state index contributed by atoms with van der Waals surface area (Å²) in [5, 5.41) is 12.2. The van der Waals surface area contributed by atoms with Gasteiger partial charge in [0.05, 0.1) is 11.5 Å². The molecule has 3 rings (SSSR count). The molecule has 1 aromatic carbocycles. The Morgan fingerprint density at radius 2 is 2.32 bits per heavy atom. The van der Waals surface area contributed by atoms with Crippen molar-refractivity contribution >= 4 is 49.4 Å². The fourth-order valence-electron chi connectivity index (χ4n) is 2.94. The third-order valence-corrected chi connectivity index (χ3v) is 4.71. The lowest BCUT2D eigenvalue weighted by Crippen LogP contribution is -2.38. The first-order valence-corrected chi connectivity index (χ1v) is 7.34. The standard InChI is InChI=1S/C13H10IN3OS/c14-12(19)17-7-13(5-8(17)6-15)9-3-1-2-4-10(9)16-11(13)18/h1-4,8H,5,7H2,(H,16,18)/t8-,13-/m0/s1. The van der Waals surface area contributed by atoms with Gasteiger partial charge in [-0.15, -0.1) is 0 Å². The second-order valence-electron chi connectivity index (χ2n) is 4.81. The molecule has 1 fully saturated rings. The van der Waals surface area contributed by atoms with Crippen LogP contribution in [0.1, 0.15) is 12.0 Å². The van der Waals surface area contributed by atoms with Crippen LogP contribution in [0.2, 0.25) is 0 Å². The van der Waals surface area contributed by atoms with Crippen molar-refractivity contribution < 1.29 is 4.79 Å². The van der Waals surface area contributed by atoms with E-state index in [2.05, 4.69) is 11.4 Å². The summed E-state index contributed by atoms with van der Waals surface area (Å²) in [4.78, 5) is 14.2. The number of benzene rings is 1. The molecule has 2 atom stereocenters. The van der Waals surface area contributed by atoms with Crippen LogP contribution in [0.15, 0.2) is 24.3 Å². The summed E-state index contributed by atoms with van der Waals surface area (Å²) in [5.74, 6) is -0.0240. The average Bonchev–Trinajstić information content (AvgIpc) is 2.91. The van der Waals surface area contributed by atoms with Gasteiger partial charge in [-0.3, -0.25) is 4.79 Å². The number of nitrogens with zero attached hydrogens (tertiary/aromatic N) is 2. The SMILES string of the molecule is N#C[C@@H]1C[C@@]2(CN1C(=S)I)C(=O)Nc1ccccc12. The van der Waals surface area contributed by atoms with Crippen molar-refractivity contribution in [2.75, 3.05) is 11.9 Å². The summed E-state index contributed by atoms with van der Waals surface area (Å²) in [7, 11) is 0. The van der Waals surface area contributed by atoms with Gasteiger partial charge in [0.2, 0.25) is 5.91 Å². The Bertz CT molecular complexity index is 627. The van der Waals surface area contributed by atoms with Crippen molar-refractivity contribution in [3.8, 4) is 6.07 Å². The van der Waals surface area contributed by atoms with Crippen molar-refractivity contribution in [1.29, 1.82) is 5.26 Å². The number of carbonyl (C=O) groups is 1. The van der Waals surface area contributed by atoms with Gasteiger partial charge in [-0.25, -0.2) is 0 Å². The Labute approximate surface area is 129 Å². The number of rotatable bonds is 0. The number of carbonyl (C=O) groups excluding carboxylic acids is 1. The number of hydrogen-bond acceptors (Lipinski definition) is 3. The fraction of sp³-hybridized carbons (Fsp3) is 0.308. The molecule has 19 heavy (non-hydrogen) atoms. The highest BCUT2D eigenvalue weighted by Gasteiger charge is 2.55. The lowest BCUT2D eigenvalue weighted by Gasteiger charge is -2.22. The molecule has 0 saturated carbocycles. The van der Waals surface area contributed by atoms with Crippen LogP contribution in [0, 0.1) is 11.3 Å². The molecule has 0 unspecified atom stereocenters. The van der Waals surface area contributed by atoms with E-state index in [0.29, 0.717) is 16.0 Å². The zero-order valence-electron chi connectivity index (χ0n) is 9.89. The van der Waals surface area contributed by atoms with Crippen molar-refractivity contribution in [1.82, 2.24) is 4.90 Å². The second-order valence-corrected chi connectivity index (χ2v) is 6.95. The zero-order valence-corrected chi connectivity index (χ0v) is 12.9. The molecular formula is C13H10IN3OS. The number of halogens is 1. The predicted octanol–water partition coefficient (Wildman–Crippen LogP) is 2.19. The zero-order chi connectivity index (χ0) is 13.6. The Morgan fingerprint density at radius 1 is 1.58 bits per heavy atom. The third-order valence-electron chi connectivity index (χ3n) is 3.86. The van der Waals surface area contributed by atoms with E-state index in [9.17, 15) is 10.1 Å². The Hall–Kier alpha value is -1.20. The molecule has 1 saturated heterocycles. The van der Waals surface area contributed by atoms with Gasteiger partial charge in [-0.2, -0.15) is 5.26 Å². The third kappa shape index (κ3) is 1.75. The number of para-hydroxylation sites is 1. The summed E-state index contributed by atoms with van der Waals surface area (Å²) in [6.07, 6.45) is 0.496. The maximum Gasteiger partial charge on any atom is 0.237 e. The highest BCUT2D eigenvalue weighted by Crippen LogP contribution is 2.46. The smallest absolute Gasteiger partial charge is 0.237 e. The first kappa shape index (κ1) is 12.8. The van der Waals surface area contributed by atoms with Crippen LogP contribution in [-0.2, 0) is 10.2 Å². The molecule has 0 aromatic heterocycles. The maximum absolute atomic E-state index is 12.4. The van der Waals surface area contributed by atoms with Crippen LogP contribution in [0.5, 0.6) is 0 Å². The molecule has 96 valence electrons. The van der Waals surface area contributed by atoms with Gasteiger partial charge in [-0.1, -0.05) is 30.4 Å². The minimum Gasteiger partial charge on any atom is -0.340 e. The molecule has 2 heterocycles. The van der Waals surface area contributed by atoms with Crippen LogP contribution in [0.3, 0.4) is 0 Å². The predicted molar refractivity (Wildman–Crippen MR) is 84.1 cm³/mol. The summed E-state index contributed by atoms with van der Waals surface area (Å²) < 4.78 is 0.637. The first-order valence-electron chi connectivity index (χ1n) is 5.85. The van der Waals surface area contributed by atoms with E-state index in [1.165, 1.54) is 0 Å². The second kappa shape index (κ2) is 4.42. The number of thiocarbonyl (C=S) groups is 1. The topological polar surface area (TPSA) is 56.1 Å². The van der Waals surface area contributed by atoms with Gasteiger partial charge in [-0.05, 0) is 34.2 Å². The van der Waals surface area contributed by atoms with E-state index in [4.69, 9.17) is 12.2 Å². The van der Waals surface area contributed by atoms with E-state index in [-0.39, 0.29) is 11.9 Å². The normalized spacial score (nSPS) is 28.1. The minimum absolute atomic E-state index is 0.0240. The van der Waals surface area contributed by atoms with E-state index in [1.54, 1.807) is 0 Å². The largest absolute Gasteiger partial charge is 0.340 e. The van der Waals surface area contributed by atoms with Crippen molar-refractivity contribution in [2.24, 2.45) is 0 Å². The van der Waals surface area contributed by atoms with Crippen molar-refractivity contribution in [2.45, 2.75) is 17.9 Å². The first-order chi connectivity index (χ1) is 9.08. The number of amides is 1. The molecule has 1 amide bonds. The van der Waals surface area contributed by atoms with Crippen LogP contribution < -0.4 is 5.32 Å². The van der Waals surface area contributed by atoms with E-state index >= 15 is 0 Å². The van der Waals surface area contributed by atoms with Gasteiger partial charge >= 0.3 is 0 Å². The lowest BCUT2D eigenvalue weighted by atomic mass is 9.80. The van der Waals surface area contributed by atoms with Crippen molar-refractivity contribution in [3.05, 3.63) is 29.8 Å². The summed E-state index contributed by atoms with van der Waals surface area (Å²) in [6.45, 7) is 0.482. The van der Waals surface area contributed by atoms with Gasteiger partial charge in [0.1, 0.15) is 9.04 Å². The van der Waals surface area contributed by atoms with E-state index in [1.807, 2.05) is 51.8 Å². The maximum atomic E-state index is 12.4. The Morgan fingerprint density at radius 3 is 2.95 bits per heavy atom. The van der Waals surface area contributed by atoms with Gasteiger partial charge in [0, 0.05) is 18.7 Å². The minimum atomic E-state index is -0.633. The highest BCUT2D eigenvalue weighted by atomic mass is 127. The molecule has 1 N–H and O–H groups in total. The number of nitrogens with one attached hydrogen (secondary N) is 1. The molecule has 1 aromatic rings. The number of nitriles is 1. The van der Waals surface area contributed by atoms with E-state index < -0.39 is 5.41 Å². The average molecular weight is 383 g/mol. The number of likely N-dealkylation sites (tertiary alicyclic amines) is 1. The summed E-state index contributed by atoms with van der Waals surface area (Å²) >= 11 is 7.22. The molecule has 4 nitrogen and oxygen atoms in total. The van der Waals surface area contributed by atoms with Crippen LogP contribution in [-0.4, -0.2) is 26.4 Å². The summed E-state index contributed by atoms with van der Waals surface area (Å²) in [5.41, 5.74) is 1.20. The van der Waals surface area contributed by atoms with Crippen LogP contribution in [0.25, 0.3) is 0 Å². The molecule has 2 aliphatic heterocycles. The molecule has 2 aliphatic rings. The molecule has 0 radical (unpaired) electrons. The monoisotopic (exact) mass is 383 g/mol. The van der Waals surface area contributed by atoms with Gasteiger partial charge in [0.15, 0.2) is 0 Å². The van der Waals surface area contributed by atoms with E-state index in [0.717, 1.165) is 11.3 Å². The van der Waals surface area contributed by atoms with Crippen molar-refractivity contribution in [3.63, 3.8) is 0 Å². The fourth-order valence-corrected chi connectivity index (χ4v) is 3.64. The molecule has 0 aliphatic carbocycles. The number of anilines is 1. The van der Waals surface area contributed by atoms with Gasteiger partial charge < -0.3 is 10.2 Å². The number of hydrogen-bond donors (Lipinski definition) is 1. The Balaban J connectivity index is 2.09. The Kier molecular flexibility index (Phi) is 2.98. The quantitative estimate of drug-likeness (QED) is 0.323. The molecular weight excluding hydrogens is 373 g/mol. The van der Waals surface area contributed by atoms with Gasteiger partial charge in [0.25, 0.3) is 0 Å². The number of fused-ring (bicyclic) bond motifs is 2. The van der Waals surface area contributed by atoms with Crippen LogP contribution in [0.4, 0.5) is 5.69 Å². The van der Waals surface area contributed by atoms with Crippen LogP contribution >= 0.6 is 34.8 Å². The lowest BCUT2D eigenvalue weighted by molar-refractivity contribution is -0.120. The molecule has 0 bridgehead atoms.